The molecule has 0 fully saturated rings. The average Bonchev–Trinajstić information content (AvgIpc) is 2.82. The van der Waals surface area contributed by atoms with Crippen molar-refractivity contribution in [2.75, 3.05) is 7.11 Å². The number of carboxylic acids is 1. The lowest BCUT2D eigenvalue weighted by molar-refractivity contribution is 0.0696. The number of H-pyrrole nitrogens is 1. The maximum Gasteiger partial charge on any atom is 0.337 e. The van der Waals surface area contributed by atoms with Crippen molar-refractivity contribution in [3.63, 3.8) is 0 Å². The lowest BCUT2D eigenvalue weighted by atomic mass is 10.1. The van der Waals surface area contributed by atoms with E-state index in [0.717, 1.165) is 33.6 Å². The number of methoxy groups -OCH3 is 1. The molecule has 3 rings (SSSR count). The Hall–Kier alpha value is -2.82. The highest BCUT2D eigenvalue weighted by Crippen LogP contribution is 2.33. The number of ether oxygens (including phenoxy) is 1. The molecule has 0 unspecified atom stereocenters. The molecule has 0 saturated heterocycles. The number of aromatic amines is 1. The Morgan fingerprint density at radius 1 is 1.29 bits per heavy atom. The minimum atomic E-state index is -0.980. The Balaban J connectivity index is 2.18. The lowest BCUT2D eigenvalue weighted by Crippen LogP contribution is -1.97. The molecular formula is C16H14N2O3. The molecule has 2 aromatic heterocycles. The summed E-state index contributed by atoms with van der Waals surface area (Å²) in [4.78, 5) is 18.5. The standard InChI is InChI=1S/C16H14N2O3/c1-9-15(14-5-3-10(8-17-14)16(19)20)12-7-11(21-2)4-6-13(12)18-9/h3-8,18H,1-2H3,(H,19,20). The van der Waals surface area contributed by atoms with E-state index < -0.39 is 5.97 Å². The number of carboxylic acid groups (broad SMARTS) is 1. The van der Waals surface area contributed by atoms with Crippen LogP contribution in [0.15, 0.2) is 36.5 Å². The van der Waals surface area contributed by atoms with Gasteiger partial charge in [-0.25, -0.2) is 4.79 Å². The number of pyridine rings is 1. The fourth-order valence-corrected chi connectivity index (χ4v) is 2.43. The second-order valence-electron chi connectivity index (χ2n) is 4.77. The van der Waals surface area contributed by atoms with Crippen LogP contribution in [0.5, 0.6) is 5.75 Å². The van der Waals surface area contributed by atoms with Crippen LogP contribution < -0.4 is 4.74 Å². The number of aryl methyl sites for hydroxylation is 1. The van der Waals surface area contributed by atoms with Gasteiger partial charge in [0.15, 0.2) is 0 Å². The van der Waals surface area contributed by atoms with Gasteiger partial charge in [0, 0.05) is 28.4 Å². The number of nitrogens with one attached hydrogen (secondary N) is 1. The van der Waals surface area contributed by atoms with Gasteiger partial charge in [0.25, 0.3) is 0 Å². The van der Waals surface area contributed by atoms with Crippen LogP contribution >= 0.6 is 0 Å². The summed E-state index contributed by atoms with van der Waals surface area (Å²) in [5.41, 5.74) is 3.84. The number of hydrogen-bond donors (Lipinski definition) is 2. The van der Waals surface area contributed by atoms with Gasteiger partial charge in [-0.3, -0.25) is 4.98 Å². The summed E-state index contributed by atoms with van der Waals surface area (Å²) in [6, 6.07) is 9.07. The highest BCUT2D eigenvalue weighted by molar-refractivity contribution is 5.97. The van der Waals surface area contributed by atoms with Crippen LogP contribution in [0.3, 0.4) is 0 Å². The third-order valence-electron chi connectivity index (χ3n) is 3.46. The van der Waals surface area contributed by atoms with Crippen LogP contribution in [0.4, 0.5) is 0 Å². The molecule has 2 N–H and O–H groups in total. The van der Waals surface area contributed by atoms with Crippen molar-refractivity contribution in [3.8, 4) is 17.0 Å². The smallest absolute Gasteiger partial charge is 0.337 e. The number of aromatic carboxylic acids is 1. The first-order valence-corrected chi connectivity index (χ1v) is 6.46. The van der Waals surface area contributed by atoms with Crippen molar-refractivity contribution in [2.24, 2.45) is 0 Å². The Bertz CT molecular complexity index is 819. The zero-order valence-corrected chi connectivity index (χ0v) is 11.7. The molecule has 0 radical (unpaired) electrons. The van der Waals surface area contributed by atoms with Gasteiger partial charge in [-0.2, -0.15) is 0 Å². The molecule has 0 aliphatic rings. The second-order valence-corrected chi connectivity index (χ2v) is 4.77. The van der Waals surface area contributed by atoms with Crippen molar-refractivity contribution in [3.05, 3.63) is 47.8 Å². The first-order chi connectivity index (χ1) is 10.1. The van der Waals surface area contributed by atoms with Crippen LogP contribution in [0.1, 0.15) is 16.1 Å². The maximum absolute atomic E-state index is 10.9. The third-order valence-corrected chi connectivity index (χ3v) is 3.46. The highest BCUT2D eigenvalue weighted by Gasteiger charge is 2.13. The molecule has 3 aromatic rings. The predicted molar refractivity (Wildman–Crippen MR) is 79.8 cm³/mol. The number of carbonyl (C=O) groups is 1. The topological polar surface area (TPSA) is 75.2 Å². The van der Waals surface area contributed by atoms with Gasteiger partial charge in [-0.1, -0.05) is 0 Å². The molecule has 0 aliphatic carbocycles. The zero-order valence-electron chi connectivity index (χ0n) is 11.7. The molecule has 0 saturated carbocycles. The van der Waals surface area contributed by atoms with Crippen molar-refractivity contribution >= 4 is 16.9 Å². The van der Waals surface area contributed by atoms with Gasteiger partial charge in [0.1, 0.15) is 5.75 Å². The van der Waals surface area contributed by atoms with Crippen LogP contribution in [0.2, 0.25) is 0 Å². The molecule has 5 heteroatoms. The number of nitrogens with zero attached hydrogens (tertiary/aromatic N) is 1. The number of benzene rings is 1. The largest absolute Gasteiger partial charge is 0.497 e. The van der Waals surface area contributed by atoms with E-state index in [0.29, 0.717) is 0 Å². The molecule has 0 atom stereocenters. The fourth-order valence-electron chi connectivity index (χ4n) is 2.43. The number of fused-ring (bicyclic) bond motifs is 1. The van der Waals surface area contributed by atoms with E-state index in [2.05, 4.69) is 9.97 Å². The molecule has 0 bridgehead atoms. The van der Waals surface area contributed by atoms with Crippen molar-refractivity contribution in [1.82, 2.24) is 9.97 Å². The monoisotopic (exact) mass is 282 g/mol. The van der Waals surface area contributed by atoms with Crippen LogP contribution in [0.25, 0.3) is 22.2 Å². The minimum Gasteiger partial charge on any atom is -0.497 e. The summed E-state index contributed by atoms with van der Waals surface area (Å²) in [6.45, 7) is 1.97. The normalized spacial score (nSPS) is 10.8. The van der Waals surface area contributed by atoms with Crippen LogP contribution in [-0.2, 0) is 0 Å². The Morgan fingerprint density at radius 3 is 2.71 bits per heavy atom. The van der Waals surface area contributed by atoms with Crippen molar-refractivity contribution in [2.45, 2.75) is 6.92 Å². The second kappa shape index (κ2) is 4.94. The molecule has 0 spiro atoms. The van der Waals surface area contributed by atoms with E-state index in [1.165, 1.54) is 6.20 Å². The molecule has 1 aromatic carbocycles. The van der Waals surface area contributed by atoms with Gasteiger partial charge >= 0.3 is 5.97 Å². The van der Waals surface area contributed by atoms with Crippen molar-refractivity contribution in [1.29, 1.82) is 0 Å². The van der Waals surface area contributed by atoms with Crippen LogP contribution in [0, 0.1) is 6.92 Å². The van der Waals surface area contributed by atoms with Gasteiger partial charge < -0.3 is 14.8 Å². The van der Waals surface area contributed by atoms with E-state index in [9.17, 15) is 4.79 Å². The number of hydrogen-bond acceptors (Lipinski definition) is 3. The van der Waals surface area contributed by atoms with E-state index >= 15 is 0 Å². The summed E-state index contributed by atoms with van der Waals surface area (Å²) in [6.07, 6.45) is 1.37. The fraction of sp³-hybridized carbons (Fsp3) is 0.125. The average molecular weight is 282 g/mol. The van der Waals surface area contributed by atoms with Crippen LogP contribution in [-0.4, -0.2) is 28.2 Å². The molecule has 5 nitrogen and oxygen atoms in total. The van der Waals surface area contributed by atoms with E-state index in [1.807, 2.05) is 25.1 Å². The molecule has 0 amide bonds. The van der Waals surface area contributed by atoms with Gasteiger partial charge in [0.05, 0.1) is 18.4 Å². The third kappa shape index (κ3) is 2.23. The highest BCUT2D eigenvalue weighted by atomic mass is 16.5. The SMILES string of the molecule is COc1ccc2[nH]c(C)c(-c3ccc(C(=O)O)cn3)c2c1. The van der Waals surface area contributed by atoms with E-state index in [4.69, 9.17) is 9.84 Å². The number of rotatable bonds is 3. The Morgan fingerprint density at radius 2 is 2.10 bits per heavy atom. The number of aromatic nitrogens is 2. The predicted octanol–water partition coefficient (Wildman–Crippen LogP) is 3.25. The molecular weight excluding hydrogens is 268 g/mol. The quantitative estimate of drug-likeness (QED) is 0.773. The van der Waals surface area contributed by atoms with Gasteiger partial charge in [-0.15, -0.1) is 0 Å². The van der Waals surface area contributed by atoms with Crippen molar-refractivity contribution < 1.29 is 14.6 Å². The summed E-state index contributed by atoms with van der Waals surface area (Å²) >= 11 is 0. The first kappa shape index (κ1) is 13.2. The molecule has 2 heterocycles. The van der Waals surface area contributed by atoms with E-state index in [-0.39, 0.29) is 5.56 Å². The Kier molecular flexibility index (Phi) is 3.10. The Labute approximate surface area is 121 Å². The van der Waals surface area contributed by atoms with E-state index in [1.54, 1.807) is 19.2 Å². The van der Waals surface area contributed by atoms with Gasteiger partial charge in [0.2, 0.25) is 0 Å². The summed E-state index contributed by atoms with van der Waals surface area (Å²) in [5, 5.41) is 9.94. The summed E-state index contributed by atoms with van der Waals surface area (Å²) in [7, 11) is 1.63. The molecule has 106 valence electrons. The minimum absolute atomic E-state index is 0.175. The molecule has 21 heavy (non-hydrogen) atoms. The van der Waals surface area contributed by atoms with Gasteiger partial charge in [-0.05, 0) is 37.3 Å². The zero-order chi connectivity index (χ0) is 15.0. The molecule has 0 aliphatic heterocycles. The lowest BCUT2D eigenvalue weighted by Gasteiger charge is -2.03. The maximum atomic E-state index is 10.9. The first-order valence-electron chi connectivity index (χ1n) is 6.46. The summed E-state index contributed by atoms with van der Waals surface area (Å²) in [5.74, 6) is -0.212. The summed E-state index contributed by atoms with van der Waals surface area (Å²) < 4.78 is 5.26.